The normalized spacial score (nSPS) is 12.0. The summed E-state index contributed by atoms with van der Waals surface area (Å²) in [6, 6.07) is 14.6. The molecule has 3 rings (SSSR count). The molecule has 2 heterocycles. The molecule has 0 aliphatic heterocycles. The molecule has 1 unspecified atom stereocenters. The summed E-state index contributed by atoms with van der Waals surface area (Å²) in [5.41, 5.74) is 1.99. The number of hydrogen-bond acceptors (Lipinski definition) is 3. The SMILES string of the molecule is Cn1c(C(=O)OC(c2ccccc2)c2ccncc2)cc(Cl)c1Cl. The van der Waals surface area contributed by atoms with Gasteiger partial charge in [-0.05, 0) is 23.8 Å². The van der Waals surface area contributed by atoms with Gasteiger partial charge in [-0.15, -0.1) is 0 Å². The Hall–Kier alpha value is -2.30. The zero-order valence-corrected chi connectivity index (χ0v) is 14.3. The van der Waals surface area contributed by atoms with E-state index in [0.29, 0.717) is 15.9 Å². The van der Waals surface area contributed by atoms with Crippen LogP contribution in [0.4, 0.5) is 0 Å². The second-order valence-electron chi connectivity index (χ2n) is 5.20. The summed E-state index contributed by atoms with van der Waals surface area (Å²) in [7, 11) is 1.66. The van der Waals surface area contributed by atoms with Gasteiger partial charge in [-0.25, -0.2) is 4.79 Å². The van der Waals surface area contributed by atoms with Crippen molar-refractivity contribution >= 4 is 29.2 Å². The van der Waals surface area contributed by atoms with E-state index in [1.54, 1.807) is 19.4 Å². The highest BCUT2D eigenvalue weighted by Crippen LogP contribution is 2.29. The lowest BCUT2D eigenvalue weighted by atomic mass is 10.0. The smallest absolute Gasteiger partial charge is 0.355 e. The Morgan fingerprint density at radius 3 is 2.29 bits per heavy atom. The Morgan fingerprint density at radius 2 is 1.71 bits per heavy atom. The number of benzene rings is 1. The molecule has 0 spiro atoms. The maximum Gasteiger partial charge on any atom is 0.355 e. The van der Waals surface area contributed by atoms with Crippen LogP contribution in [0.3, 0.4) is 0 Å². The second-order valence-corrected chi connectivity index (χ2v) is 5.97. The molecule has 1 aromatic carbocycles. The van der Waals surface area contributed by atoms with Crippen LogP contribution in [0.2, 0.25) is 10.2 Å². The number of carbonyl (C=O) groups excluding carboxylic acids is 1. The third kappa shape index (κ3) is 3.30. The Labute approximate surface area is 149 Å². The lowest BCUT2D eigenvalue weighted by Gasteiger charge is -2.19. The van der Waals surface area contributed by atoms with Gasteiger partial charge in [0.15, 0.2) is 6.10 Å². The Bertz CT molecular complexity index is 809. The van der Waals surface area contributed by atoms with Crippen LogP contribution in [-0.2, 0) is 11.8 Å². The first-order chi connectivity index (χ1) is 11.6. The highest BCUT2D eigenvalue weighted by atomic mass is 35.5. The number of nitrogens with zero attached hydrogens (tertiary/aromatic N) is 2. The van der Waals surface area contributed by atoms with Gasteiger partial charge < -0.3 is 9.30 Å². The van der Waals surface area contributed by atoms with Gasteiger partial charge in [-0.2, -0.15) is 0 Å². The van der Waals surface area contributed by atoms with Crippen LogP contribution in [0.5, 0.6) is 0 Å². The van der Waals surface area contributed by atoms with Crippen LogP contribution in [0.15, 0.2) is 60.9 Å². The lowest BCUT2D eigenvalue weighted by molar-refractivity contribution is 0.0366. The number of carbonyl (C=O) groups is 1. The van der Waals surface area contributed by atoms with E-state index in [1.165, 1.54) is 10.6 Å². The summed E-state index contributed by atoms with van der Waals surface area (Å²) in [5, 5.41) is 0.607. The van der Waals surface area contributed by atoms with E-state index in [9.17, 15) is 4.79 Å². The van der Waals surface area contributed by atoms with Crippen molar-refractivity contribution in [2.24, 2.45) is 7.05 Å². The minimum Gasteiger partial charge on any atom is -0.448 e. The lowest BCUT2D eigenvalue weighted by Crippen LogP contribution is -2.15. The highest BCUT2D eigenvalue weighted by Gasteiger charge is 2.23. The molecular formula is C18H14Cl2N2O2. The summed E-state index contributed by atoms with van der Waals surface area (Å²) >= 11 is 12.0. The molecule has 0 amide bonds. The standard InChI is InChI=1S/C18H14Cl2N2O2/c1-22-15(11-14(19)17(22)20)18(23)24-16(12-5-3-2-4-6-12)13-7-9-21-10-8-13/h2-11,16H,1H3. The molecule has 0 bridgehead atoms. The molecule has 6 heteroatoms. The Morgan fingerprint density at radius 1 is 1.08 bits per heavy atom. The van der Waals surface area contributed by atoms with Crippen LogP contribution >= 0.6 is 23.2 Å². The molecule has 3 aromatic rings. The molecule has 0 saturated heterocycles. The van der Waals surface area contributed by atoms with E-state index in [4.69, 9.17) is 27.9 Å². The van der Waals surface area contributed by atoms with E-state index < -0.39 is 12.1 Å². The van der Waals surface area contributed by atoms with E-state index in [-0.39, 0.29) is 0 Å². The fraction of sp³-hybridized carbons (Fsp3) is 0.111. The van der Waals surface area contributed by atoms with Crippen molar-refractivity contribution in [3.05, 3.63) is 87.9 Å². The quantitative estimate of drug-likeness (QED) is 0.634. The molecule has 4 nitrogen and oxygen atoms in total. The van der Waals surface area contributed by atoms with E-state index in [2.05, 4.69) is 4.98 Å². The van der Waals surface area contributed by atoms with Crippen LogP contribution in [0.25, 0.3) is 0 Å². The molecule has 24 heavy (non-hydrogen) atoms. The zero-order valence-electron chi connectivity index (χ0n) is 12.8. The van der Waals surface area contributed by atoms with Crippen LogP contribution in [0.1, 0.15) is 27.7 Å². The Kier molecular flexibility index (Phi) is 4.88. The minimum absolute atomic E-state index is 0.292. The van der Waals surface area contributed by atoms with Gasteiger partial charge in [0, 0.05) is 25.0 Å². The topological polar surface area (TPSA) is 44.1 Å². The number of aromatic nitrogens is 2. The second kappa shape index (κ2) is 7.07. The molecule has 0 N–H and O–H groups in total. The number of rotatable bonds is 4. The molecule has 0 aliphatic rings. The third-order valence-corrected chi connectivity index (χ3v) is 4.50. The average molecular weight is 361 g/mol. The number of halogens is 2. The van der Waals surface area contributed by atoms with E-state index >= 15 is 0 Å². The molecule has 122 valence electrons. The zero-order chi connectivity index (χ0) is 17.1. The van der Waals surface area contributed by atoms with Gasteiger partial charge in [0.2, 0.25) is 0 Å². The van der Waals surface area contributed by atoms with Crippen LogP contribution in [-0.4, -0.2) is 15.5 Å². The largest absolute Gasteiger partial charge is 0.448 e. The molecule has 0 saturated carbocycles. The highest BCUT2D eigenvalue weighted by molar-refractivity contribution is 6.41. The minimum atomic E-state index is -0.547. The monoisotopic (exact) mass is 360 g/mol. The fourth-order valence-corrected chi connectivity index (χ4v) is 2.78. The first kappa shape index (κ1) is 16.6. The van der Waals surface area contributed by atoms with Crippen molar-refractivity contribution in [1.29, 1.82) is 0 Å². The average Bonchev–Trinajstić information content (AvgIpc) is 2.88. The molecule has 0 fully saturated rings. The number of hydrogen-bond donors (Lipinski definition) is 0. The number of ether oxygens (including phenoxy) is 1. The molecular weight excluding hydrogens is 347 g/mol. The number of pyridine rings is 1. The van der Waals surface area contributed by atoms with Crippen molar-refractivity contribution in [3.8, 4) is 0 Å². The summed E-state index contributed by atoms with van der Waals surface area (Å²) < 4.78 is 7.25. The van der Waals surface area contributed by atoms with Crippen molar-refractivity contribution in [2.45, 2.75) is 6.10 Å². The van der Waals surface area contributed by atoms with Crippen molar-refractivity contribution in [2.75, 3.05) is 0 Å². The summed E-state index contributed by atoms with van der Waals surface area (Å²) in [6.07, 6.45) is 2.78. The van der Waals surface area contributed by atoms with Crippen molar-refractivity contribution in [3.63, 3.8) is 0 Å². The van der Waals surface area contributed by atoms with Crippen LogP contribution < -0.4 is 0 Å². The maximum absolute atomic E-state index is 12.6. The van der Waals surface area contributed by atoms with Gasteiger partial charge in [-0.1, -0.05) is 53.5 Å². The summed E-state index contributed by atoms with van der Waals surface area (Å²) in [5.74, 6) is -0.503. The fourth-order valence-electron chi connectivity index (χ4n) is 2.40. The predicted octanol–water partition coefficient (Wildman–Crippen LogP) is 4.67. The van der Waals surface area contributed by atoms with Crippen molar-refractivity contribution in [1.82, 2.24) is 9.55 Å². The molecule has 2 aromatic heterocycles. The molecule has 0 radical (unpaired) electrons. The van der Waals surface area contributed by atoms with Gasteiger partial charge in [0.1, 0.15) is 10.8 Å². The predicted molar refractivity (Wildman–Crippen MR) is 93.4 cm³/mol. The van der Waals surface area contributed by atoms with Gasteiger partial charge in [-0.3, -0.25) is 4.98 Å². The van der Waals surface area contributed by atoms with Gasteiger partial charge >= 0.3 is 5.97 Å². The maximum atomic E-state index is 12.6. The van der Waals surface area contributed by atoms with Crippen LogP contribution in [0, 0.1) is 0 Å². The third-order valence-electron chi connectivity index (χ3n) is 3.66. The van der Waals surface area contributed by atoms with Crippen molar-refractivity contribution < 1.29 is 9.53 Å². The van der Waals surface area contributed by atoms with E-state index in [0.717, 1.165) is 11.1 Å². The molecule has 1 atom stereocenters. The summed E-state index contributed by atoms with van der Waals surface area (Å²) in [6.45, 7) is 0. The first-order valence-corrected chi connectivity index (χ1v) is 8.00. The van der Waals surface area contributed by atoms with Gasteiger partial charge in [0.05, 0.1) is 5.02 Å². The first-order valence-electron chi connectivity index (χ1n) is 7.24. The Balaban J connectivity index is 1.95. The number of esters is 1. The van der Waals surface area contributed by atoms with E-state index in [1.807, 2.05) is 42.5 Å². The molecule has 0 aliphatic carbocycles. The van der Waals surface area contributed by atoms with Gasteiger partial charge in [0.25, 0.3) is 0 Å². The summed E-state index contributed by atoms with van der Waals surface area (Å²) in [4.78, 5) is 16.6.